The molecule has 3 heteroatoms. The molecule has 0 aliphatic rings. The molecule has 0 heterocycles. The summed E-state index contributed by atoms with van der Waals surface area (Å²) in [5.74, 6) is 0. The van der Waals surface area contributed by atoms with Crippen LogP contribution in [0.15, 0.2) is 50.6 Å². The van der Waals surface area contributed by atoms with Gasteiger partial charge in [0.2, 0.25) is 0 Å². The fraction of sp³-hybridized carbons (Fsp3) is 0.600. The molecule has 0 aliphatic heterocycles. The Morgan fingerprint density at radius 2 is 0.957 bits per heavy atom. The summed E-state index contributed by atoms with van der Waals surface area (Å²) in [5, 5.41) is 22.4. The van der Waals surface area contributed by atoms with Crippen LogP contribution in [0.5, 0.6) is 0 Å². The smallest absolute Gasteiger partial charge is 0.0431 e. The molecule has 0 aromatic rings. The maximum atomic E-state index is 9.27. The Labute approximate surface area is 142 Å². The van der Waals surface area contributed by atoms with Crippen molar-refractivity contribution in [2.24, 2.45) is 0 Å². The van der Waals surface area contributed by atoms with Gasteiger partial charge in [0, 0.05) is 24.3 Å². The van der Waals surface area contributed by atoms with Crippen molar-refractivity contribution in [3.63, 3.8) is 0 Å². The third-order valence-corrected chi connectivity index (χ3v) is 4.30. The molecular formula is C20H35NO2. The van der Waals surface area contributed by atoms with Crippen LogP contribution in [-0.2, 0) is 0 Å². The van der Waals surface area contributed by atoms with Crippen molar-refractivity contribution in [1.82, 2.24) is 5.32 Å². The molecule has 0 unspecified atom stereocenters. The van der Waals surface area contributed by atoms with E-state index in [0.717, 1.165) is 51.4 Å². The largest absolute Gasteiger partial charge is 0.396 e. The topological polar surface area (TPSA) is 52.5 Å². The summed E-state index contributed by atoms with van der Waals surface area (Å²) in [7, 11) is 0. The lowest BCUT2D eigenvalue weighted by molar-refractivity contribution is 0.156. The van der Waals surface area contributed by atoms with Crippen molar-refractivity contribution in [3.8, 4) is 0 Å². The van der Waals surface area contributed by atoms with E-state index in [0.29, 0.717) is 0 Å². The first kappa shape index (κ1) is 21.8. The van der Waals surface area contributed by atoms with Gasteiger partial charge in [-0.3, -0.25) is 0 Å². The lowest BCUT2D eigenvalue weighted by Gasteiger charge is -2.45. The molecule has 0 bridgehead atoms. The molecule has 0 amide bonds. The summed E-state index contributed by atoms with van der Waals surface area (Å²) in [6, 6.07) is 0. The highest BCUT2D eigenvalue weighted by atomic mass is 16.3. The van der Waals surface area contributed by atoms with Crippen molar-refractivity contribution >= 4 is 0 Å². The van der Waals surface area contributed by atoms with E-state index in [4.69, 9.17) is 0 Å². The van der Waals surface area contributed by atoms with Crippen molar-refractivity contribution < 1.29 is 10.2 Å². The Hall–Kier alpha value is -1.16. The molecule has 0 rings (SSSR count). The first-order valence-corrected chi connectivity index (χ1v) is 8.52. The van der Waals surface area contributed by atoms with Crippen LogP contribution < -0.4 is 5.32 Å². The van der Waals surface area contributed by atoms with Crippen molar-refractivity contribution in [2.45, 2.75) is 62.4 Å². The minimum atomic E-state index is -0.187. The number of hydrogen-bond donors (Lipinski definition) is 3. The fourth-order valence-electron chi connectivity index (χ4n) is 3.41. The molecule has 3 N–H and O–H groups in total. The van der Waals surface area contributed by atoms with E-state index in [1.165, 1.54) is 0 Å². The van der Waals surface area contributed by atoms with Gasteiger partial charge in [-0.2, -0.15) is 0 Å². The predicted octanol–water partition coefficient (Wildman–Crippen LogP) is 3.90. The molecule has 0 aromatic carbocycles. The third-order valence-electron chi connectivity index (χ3n) is 4.30. The molecule has 0 spiro atoms. The Morgan fingerprint density at radius 1 is 0.652 bits per heavy atom. The standard InChI is InChI=1S/C20H35NO2/c1-5-11-19(12-6-2,15-9-17-22)21-20(13-7-3,14-8-4)16-10-18-23/h5-8,21-23H,1-4,9-18H2. The minimum absolute atomic E-state index is 0.171. The molecular weight excluding hydrogens is 286 g/mol. The Bertz CT molecular complexity index is 309. The average molecular weight is 322 g/mol. The summed E-state index contributed by atoms with van der Waals surface area (Å²) >= 11 is 0. The average Bonchev–Trinajstić information content (AvgIpc) is 2.52. The van der Waals surface area contributed by atoms with Crippen LogP contribution in [0.2, 0.25) is 0 Å². The van der Waals surface area contributed by atoms with Gasteiger partial charge in [-0.25, -0.2) is 0 Å². The van der Waals surface area contributed by atoms with Crippen LogP contribution in [0, 0.1) is 0 Å². The first-order valence-electron chi connectivity index (χ1n) is 8.52. The normalized spacial score (nSPS) is 11.9. The second kappa shape index (κ2) is 12.3. The second-order valence-electron chi connectivity index (χ2n) is 6.31. The molecule has 0 radical (unpaired) electrons. The highest BCUT2D eigenvalue weighted by Gasteiger charge is 2.37. The van der Waals surface area contributed by atoms with E-state index in [2.05, 4.69) is 31.6 Å². The monoisotopic (exact) mass is 321 g/mol. The number of aliphatic hydroxyl groups is 2. The van der Waals surface area contributed by atoms with Gasteiger partial charge in [0.15, 0.2) is 0 Å². The van der Waals surface area contributed by atoms with E-state index in [9.17, 15) is 10.2 Å². The number of nitrogens with one attached hydrogen (secondary N) is 1. The van der Waals surface area contributed by atoms with E-state index in [-0.39, 0.29) is 24.3 Å². The zero-order valence-electron chi connectivity index (χ0n) is 14.6. The number of aliphatic hydroxyl groups excluding tert-OH is 2. The Balaban J connectivity index is 5.56. The van der Waals surface area contributed by atoms with Gasteiger partial charge in [-0.15, -0.1) is 26.3 Å². The molecule has 0 atom stereocenters. The summed E-state index contributed by atoms with van der Waals surface area (Å²) in [6.07, 6.45) is 14.0. The second-order valence-corrected chi connectivity index (χ2v) is 6.31. The molecule has 0 saturated heterocycles. The molecule has 0 saturated carbocycles. The van der Waals surface area contributed by atoms with Gasteiger partial charge in [0.1, 0.15) is 0 Å². The molecule has 0 aromatic heterocycles. The fourth-order valence-corrected chi connectivity index (χ4v) is 3.41. The molecule has 0 aliphatic carbocycles. The zero-order valence-corrected chi connectivity index (χ0v) is 14.6. The van der Waals surface area contributed by atoms with Crippen molar-refractivity contribution in [1.29, 1.82) is 0 Å². The highest BCUT2D eigenvalue weighted by Crippen LogP contribution is 2.32. The van der Waals surface area contributed by atoms with Gasteiger partial charge in [-0.05, 0) is 51.4 Å². The molecule has 3 nitrogen and oxygen atoms in total. The van der Waals surface area contributed by atoms with Crippen LogP contribution in [0.4, 0.5) is 0 Å². The minimum Gasteiger partial charge on any atom is -0.396 e. The molecule has 132 valence electrons. The first-order chi connectivity index (χ1) is 11.1. The number of hydrogen-bond acceptors (Lipinski definition) is 3. The summed E-state index contributed by atoms with van der Waals surface area (Å²) in [4.78, 5) is 0. The van der Waals surface area contributed by atoms with Crippen LogP contribution in [0.1, 0.15) is 51.4 Å². The van der Waals surface area contributed by atoms with Crippen molar-refractivity contribution in [3.05, 3.63) is 50.6 Å². The predicted molar refractivity (Wildman–Crippen MR) is 100 cm³/mol. The van der Waals surface area contributed by atoms with Crippen LogP contribution >= 0.6 is 0 Å². The van der Waals surface area contributed by atoms with Crippen molar-refractivity contribution in [2.75, 3.05) is 13.2 Å². The third kappa shape index (κ3) is 7.78. The van der Waals surface area contributed by atoms with Gasteiger partial charge < -0.3 is 15.5 Å². The number of rotatable bonds is 16. The SMILES string of the molecule is C=CCC(CC=C)(CCCO)NC(CC=C)(CC=C)CCCO. The van der Waals surface area contributed by atoms with E-state index < -0.39 is 0 Å². The Morgan fingerprint density at radius 3 is 1.17 bits per heavy atom. The van der Waals surface area contributed by atoms with E-state index in [1.54, 1.807) is 0 Å². The van der Waals surface area contributed by atoms with E-state index >= 15 is 0 Å². The lowest BCUT2D eigenvalue weighted by atomic mass is 9.78. The van der Waals surface area contributed by atoms with Crippen LogP contribution in [0.25, 0.3) is 0 Å². The lowest BCUT2D eigenvalue weighted by Crippen LogP contribution is -2.57. The molecule has 0 fully saturated rings. The summed E-state index contributed by atoms with van der Waals surface area (Å²) in [6.45, 7) is 16.0. The zero-order chi connectivity index (χ0) is 17.6. The quantitative estimate of drug-likeness (QED) is 0.378. The maximum Gasteiger partial charge on any atom is 0.0431 e. The maximum absolute atomic E-state index is 9.27. The van der Waals surface area contributed by atoms with Gasteiger partial charge >= 0.3 is 0 Å². The van der Waals surface area contributed by atoms with Gasteiger partial charge in [0.25, 0.3) is 0 Å². The summed E-state index contributed by atoms with van der Waals surface area (Å²) < 4.78 is 0. The van der Waals surface area contributed by atoms with Crippen LogP contribution in [-0.4, -0.2) is 34.5 Å². The summed E-state index contributed by atoms with van der Waals surface area (Å²) in [5.41, 5.74) is -0.374. The van der Waals surface area contributed by atoms with Crippen LogP contribution in [0.3, 0.4) is 0 Å². The highest BCUT2D eigenvalue weighted by molar-refractivity contribution is 5.07. The Kier molecular flexibility index (Phi) is 11.7. The molecule has 23 heavy (non-hydrogen) atoms. The van der Waals surface area contributed by atoms with Gasteiger partial charge in [-0.1, -0.05) is 24.3 Å². The van der Waals surface area contributed by atoms with Gasteiger partial charge in [0.05, 0.1) is 0 Å². The van der Waals surface area contributed by atoms with E-state index in [1.807, 2.05) is 24.3 Å².